The van der Waals surface area contributed by atoms with Crippen molar-refractivity contribution in [3.8, 4) is 0 Å². The highest BCUT2D eigenvalue weighted by molar-refractivity contribution is 5.79. The van der Waals surface area contributed by atoms with Gasteiger partial charge >= 0.3 is 11.5 Å². The molecule has 0 amide bonds. The zero-order valence-electron chi connectivity index (χ0n) is 13.8. The molecule has 6 nitrogen and oxygen atoms in total. The molecule has 0 aliphatic heterocycles. The average Bonchev–Trinajstić information content (AvgIpc) is 2.43. The van der Waals surface area contributed by atoms with Crippen LogP contribution in [0.3, 0.4) is 0 Å². The summed E-state index contributed by atoms with van der Waals surface area (Å²) in [6, 6.07) is 9.44. The molecule has 0 fully saturated rings. The molecule has 0 radical (unpaired) electrons. The van der Waals surface area contributed by atoms with Crippen molar-refractivity contribution in [1.82, 2.24) is 5.32 Å². The van der Waals surface area contributed by atoms with Crippen LogP contribution in [0.5, 0.6) is 0 Å². The summed E-state index contributed by atoms with van der Waals surface area (Å²) in [4.78, 5) is 22.9. The summed E-state index contributed by atoms with van der Waals surface area (Å²) in [6.45, 7) is 8.13. The summed E-state index contributed by atoms with van der Waals surface area (Å²) in [5.74, 6) is -0.835. The quantitative estimate of drug-likeness (QED) is 0.496. The Balaban J connectivity index is 2.80. The molecular weight excluding hydrogens is 284 g/mol. The molecule has 0 aliphatic carbocycles. The normalized spacial score (nSPS) is 15.7. The van der Waals surface area contributed by atoms with Gasteiger partial charge in [-0.25, -0.2) is 4.79 Å². The molecule has 1 N–H and O–H groups in total. The maximum Gasteiger partial charge on any atom is 0.386 e. The van der Waals surface area contributed by atoms with Crippen LogP contribution in [0.25, 0.3) is 0 Å². The second-order valence-corrected chi connectivity index (χ2v) is 6.55. The predicted molar refractivity (Wildman–Crippen MR) is 84.1 cm³/mol. The SMILES string of the molecule is C[C@H](NCC(C)(C(=O)OC(C)(C)C)[N+](=O)[O-])c1ccccc1. The van der Waals surface area contributed by atoms with Crippen LogP contribution < -0.4 is 5.32 Å². The third kappa shape index (κ3) is 4.80. The molecule has 0 bridgehead atoms. The fourth-order valence-corrected chi connectivity index (χ4v) is 1.81. The van der Waals surface area contributed by atoms with Gasteiger partial charge in [0.05, 0.1) is 6.54 Å². The van der Waals surface area contributed by atoms with Crippen LogP contribution in [-0.2, 0) is 9.53 Å². The smallest absolute Gasteiger partial charge is 0.386 e. The minimum Gasteiger partial charge on any atom is -0.455 e. The van der Waals surface area contributed by atoms with E-state index in [0.717, 1.165) is 5.56 Å². The number of nitro groups is 1. The number of nitrogens with one attached hydrogen (secondary N) is 1. The van der Waals surface area contributed by atoms with Gasteiger partial charge in [0, 0.05) is 17.9 Å². The molecule has 1 aromatic rings. The molecule has 1 rings (SSSR count). The number of hydrogen-bond acceptors (Lipinski definition) is 5. The minimum absolute atomic E-state index is 0.106. The summed E-state index contributed by atoms with van der Waals surface area (Å²) in [6.07, 6.45) is 0. The van der Waals surface area contributed by atoms with E-state index in [0.29, 0.717) is 0 Å². The summed E-state index contributed by atoms with van der Waals surface area (Å²) in [5.41, 5.74) is -1.59. The number of nitrogens with zero attached hydrogens (tertiary/aromatic N) is 1. The van der Waals surface area contributed by atoms with Crippen molar-refractivity contribution in [1.29, 1.82) is 0 Å². The summed E-state index contributed by atoms with van der Waals surface area (Å²) in [5, 5.41) is 14.4. The van der Waals surface area contributed by atoms with E-state index in [1.165, 1.54) is 6.92 Å². The summed E-state index contributed by atoms with van der Waals surface area (Å²) in [7, 11) is 0. The van der Waals surface area contributed by atoms with Gasteiger partial charge in [-0.3, -0.25) is 10.1 Å². The van der Waals surface area contributed by atoms with Crippen LogP contribution in [-0.4, -0.2) is 28.6 Å². The van der Waals surface area contributed by atoms with Crippen molar-refractivity contribution in [2.45, 2.75) is 51.8 Å². The lowest BCUT2D eigenvalue weighted by Gasteiger charge is -2.27. The fourth-order valence-electron chi connectivity index (χ4n) is 1.81. The Bertz CT molecular complexity index is 525. The lowest BCUT2D eigenvalue weighted by Crippen LogP contribution is -2.54. The highest BCUT2D eigenvalue weighted by Crippen LogP contribution is 2.19. The van der Waals surface area contributed by atoms with E-state index in [9.17, 15) is 14.9 Å². The lowest BCUT2D eigenvalue weighted by molar-refractivity contribution is -0.549. The Morgan fingerprint density at radius 1 is 1.27 bits per heavy atom. The molecular formula is C16H24N2O4. The van der Waals surface area contributed by atoms with Crippen molar-refractivity contribution < 1.29 is 14.5 Å². The first-order valence-corrected chi connectivity index (χ1v) is 7.22. The Morgan fingerprint density at radius 3 is 2.27 bits per heavy atom. The number of rotatable bonds is 6. The van der Waals surface area contributed by atoms with Gasteiger partial charge in [0.1, 0.15) is 5.60 Å². The van der Waals surface area contributed by atoms with E-state index in [-0.39, 0.29) is 12.6 Å². The van der Waals surface area contributed by atoms with Crippen LogP contribution in [0, 0.1) is 10.1 Å². The average molecular weight is 308 g/mol. The first-order valence-electron chi connectivity index (χ1n) is 7.22. The van der Waals surface area contributed by atoms with Crippen LogP contribution in [0.15, 0.2) is 30.3 Å². The van der Waals surface area contributed by atoms with Crippen molar-refractivity contribution in [2.24, 2.45) is 0 Å². The Labute approximate surface area is 131 Å². The molecule has 6 heteroatoms. The zero-order chi connectivity index (χ0) is 17.0. The highest BCUT2D eigenvalue weighted by atomic mass is 16.6. The molecule has 22 heavy (non-hydrogen) atoms. The molecule has 0 saturated heterocycles. The van der Waals surface area contributed by atoms with Crippen LogP contribution in [0.4, 0.5) is 0 Å². The Morgan fingerprint density at radius 2 is 1.82 bits per heavy atom. The zero-order valence-corrected chi connectivity index (χ0v) is 13.8. The summed E-state index contributed by atoms with van der Waals surface area (Å²) < 4.78 is 5.18. The maximum absolute atomic E-state index is 12.2. The van der Waals surface area contributed by atoms with Crippen molar-refractivity contribution in [2.75, 3.05) is 6.54 Å². The largest absolute Gasteiger partial charge is 0.455 e. The second-order valence-electron chi connectivity index (χ2n) is 6.55. The molecule has 2 atom stereocenters. The molecule has 122 valence electrons. The van der Waals surface area contributed by atoms with Crippen LogP contribution >= 0.6 is 0 Å². The van der Waals surface area contributed by atoms with Crippen molar-refractivity contribution in [3.63, 3.8) is 0 Å². The Hall–Kier alpha value is -1.95. The van der Waals surface area contributed by atoms with Crippen molar-refractivity contribution in [3.05, 3.63) is 46.0 Å². The van der Waals surface area contributed by atoms with E-state index in [1.54, 1.807) is 20.8 Å². The van der Waals surface area contributed by atoms with E-state index < -0.39 is 22.0 Å². The predicted octanol–water partition coefficient (Wildman–Crippen LogP) is 2.71. The Kier molecular flexibility index (Phi) is 5.65. The van der Waals surface area contributed by atoms with Crippen LogP contribution in [0.2, 0.25) is 0 Å². The number of hydrogen-bond donors (Lipinski definition) is 1. The third-order valence-corrected chi connectivity index (χ3v) is 3.29. The lowest BCUT2D eigenvalue weighted by atomic mass is 10.0. The highest BCUT2D eigenvalue weighted by Gasteiger charge is 2.49. The minimum atomic E-state index is -1.82. The summed E-state index contributed by atoms with van der Waals surface area (Å²) >= 11 is 0. The van der Waals surface area contributed by atoms with E-state index in [2.05, 4.69) is 5.32 Å². The molecule has 1 unspecified atom stereocenters. The number of carbonyl (C=O) groups excluding carboxylic acids is 1. The molecule has 0 saturated carbocycles. The van der Waals surface area contributed by atoms with E-state index in [1.807, 2.05) is 37.3 Å². The fraction of sp³-hybridized carbons (Fsp3) is 0.562. The first-order chi connectivity index (χ1) is 10.1. The van der Waals surface area contributed by atoms with Crippen LogP contribution in [0.1, 0.15) is 46.2 Å². The van der Waals surface area contributed by atoms with E-state index >= 15 is 0 Å². The molecule has 1 aromatic carbocycles. The maximum atomic E-state index is 12.2. The van der Waals surface area contributed by atoms with Gasteiger partial charge in [-0.05, 0) is 33.3 Å². The molecule has 0 aliphatic rings. The van der Waals surface area contributed by atoms with Gasteiger partial charge in [-0.15, -0.1) is 0 Å². The molecule has 0 heterocycles. The third-order valence-electron chi connectivity index (χ3n) is 3.29. The van der Waals surface area contributed by atoms with Gasteiger partial charge in [0.15, 0.2) is 0 Å². The monoisotopic (exact) mass is 308 g/mol. The molecule has 0 aromatic heterocycles. The number of benzene rings is 1. The van der Waals surface area contributed by atoms with Crippen molar-refractivity contribution >= 4 is 5.97 Å². The number of carbonyl (C=O) groups is 1. The van der Waals surface area contributed by atoms with Gasteiger partial charge in [0.2, 0.25) is 0 Å². The van der Waals surface area contributed by atoms with Gasteiger partial charge in [-0.2, -0.15) is 0 Å². The van der Waals surface area contributed by atoms with Gasteiger partial charge < -0.3 is 10.1 Å². The van der Waals surface area contributed by atoms with Gasteiger partial charge in [-0.1, -0.05) is 30.3 Å². The number of ether oxygens (including phenoxy) is 1. The second kappa shape index (κ2) is 6.87. The van der Waals surface area contributed by atoms with E-state index in [4.69, 9.17) is 4.74 Å². The first kappa shape index (κ1) is 18.1. The van der Waals surface area contributed by atoms with Gasteiger partial charge in [0.25, 0.3) is 0 Å². The molecule has 0 spiro atoms. The number of esters is 1. The topological polar surface area (TPSA) is 81.5 Å². The standard InChI is InChI=1S/C16H24N2O4/c1-12(13-9-7-6-8-10-13)17-11-16(5,18(20)21)14(19)22-15(2,3)4/h6-10,12,17H,11H2,1-5H3/t12-,16?/m0/s1.